The molecular weight excluding hydrogens is 418 g/mol. The van der Waals surface area contributed by atoms with E-state index in [1.165, 1.54) is 0 Å². The molecule has 0 bridgehead atoms. The summed E-state index contributed by atoms with van der Waals surface area (Å²) in [7, 11) is 0. The summed E-state index contributed by atoms with van der Waals surface area (Å²) < 4.78 is 11.9. The number of ether oxygens (including phenoxy) is 2. The number of hydrogen-bond donors (Lipinski definition) is 0. The Morgan fingerprint density at radius 3 is 2.11 bits per heavy atom. The fourth-order valence-corrected chi connectivity index (χ4v) is 3.43. The van der Waals surface area contributed by atoms with Crippen LogP contribution in [0, 0.1) is 11.3 Å². The predicted octanol–water partition coefficient (Wildman–Crippen LogP) is 5.46. The molecule has 0 saturated heterocycles. The van der Waals surface area contributed by atoms with E-state index in [0.717, 1.165) is 11.1 Å². The maximum atomic E-state index is 13.2. The molecule has 3 aromatic rings. The van der Waals surface area contributed by atoms with Crippen LogP contribution in [0.1, 0.15) is 29.5 Å². The number of hydrogen-bond acceptors (Lipinski definition) is 4. The first kappa shape index (κ1) is 19.7. The third kappa shape index (κ3) is 4.41. The highest BCUT2D eigenvalue weighted by Crippen LogP contribution is 2.38. The minimum atomic E-state index is -0.584. The van der Waals surface area contributed by atoms with Crippen molar-refractivity contribution < 1.29 is 14.3 Å². The molecule has 0 amide bonds. The molecule has 5 heteroatoms. The molecule has 0 aliphatic carbocycles. The van der Waals surface area contributed by atoms with Crippen molar-refractivity contribution in [1.29, 1.82) is 5.26 Å². The van der Waals surface area contributed by atoms with Gasteiger partial charge >= 0.3 is 5.97 Å². The molecule has 0 aliphatic rings. The number of carbonyl (C=O) groups excluding carboxylic acids is 1. The molecule has 0 unspecified atom stereocenters. The minimum absolute atomic E-state index is 0.266. The quantitative estimate of drug-likeness (QED) is 0.381. The Hall–Kier alpha value is -3.10. The van der Waals surface area contributed by atoms with Gasteiger partial charge in [0.1, 0.15) is 5.92 Å². The van der Waals surface area contributed by atoms with Crippen molar-refractivity contribution in [2.24, 2.45) is 0 Å². The second-order valence-corrected chi connectivity index (χ2v) is 6.86. The first-order valence-corrected chi connectivity index (χ1v) is 9.61. The van der Waals surface area contributed by atoms with Crippen molar-refractivity contribution in [1.82, 2.24) is 0 Å². The molecular formula is C23H18BrNO3. The van der Waals surface area contributed by atoms with Gasteiger partial charge in [0.05, 0.1) is 22.7 Å². The number of esters is 1. The molecule has 140 valence electrons. The molecule has 0 spiro atoms. The van der Waals surface area contributed by atoms with Gasteiger partial charge in [0.15, 0.2) is 11.5 Å². The van der Waals surface area contributed by atoms with Gasteiger partial charge in [0.2, 0.25) is 0 Å². The average Bonchev–Trinajstić information content (AvgIpc) is 2.72. The summed E-state index contributed by atoms with van der Waals surface area (Å²) in [5.74, 6) is -0.396. The SMILES string of the molecule is CCOc1cc(C#N)cc(Br)c1OC(=O)C(c1ccccc1)c1ccccc1. The van der Waals surface area contributed by atoms with Crippen LogP contribution in [0.15, 0.2) is 77.3 Å². The number of benzene rings is 3. The van der Waals surface area contributed by atoms with Gasteiger partial charge in [-0.1, -0.05) is 60.7 Å². The van der Waals surface area contributed by atoms with Crippen molar-refractivity contribution in [3.63, 3.8) is 0 Å². The molecule has 0 aliphatic heterocycles. The van der Waals surface area contributed by atoms with Gasteiger partial charge in [-0.15, -0.1) is 0 Å². The van der Waals surface area contributed by atoms with Gasteiger partial charge in [-0.05, 0) is 40.0 Å². The largest absolute Gasteiger partial charge is 0.490 e. The van der Waals surface area contributed by atoms with Crippen LogP contribution in [0.2, 0.25) is 0 Å². The molecule has 3 aromatic carbocycles. The summed E-state index contributed by atoms with van der Waals surface area (Å²) in [6.07, 6.45) is 0. The highest BCUT2D eigenvalue weighted by atomic mass is 79.9. The van der Waals surface area contributed by atoms with Gasteiger partial charge in [-0.3, -0.25) is 4.79 Å². The zero-order valence-electron chi connectivity index (χ0n) is 15.3. The van der Waals surface area contributed by atoms with Gasteiger partial charge in [0, 0.05) is 6.07 Å². The minimum Gasteiger partial charge on any atom is -0.490 e. The molecule has 3 rings (SSSR count). The topological polar surface area (TPSA) is 59.3 Å². The normalized spacial score (nSPS) is 10.4. The number of nitriles is 1. The lowest BCUT2D eigenvalue weighted by molar-refractivity contribution is -0.135. The molecule has 0 saturated carbocycles. The van der Waals surface area contributed by atoms with Crippen LogP contribution < -0.4 is 9.47 Å². The predicted molar refractivity (Wildman–Crippen MR) is 110 cm³/mol. The highest BCUT2D eigenvalue weighted by Gasteiger charge is 2.27. The van der Waals surface area contributed by atoms with E-state index >= 15 is 0 Å². The second kappa shape index (κ2) is 9.20. The third-order valence-corrected chi connectivity index (χ3v) is 4.73. The second-order valence-electron chi connectivity index (χ2n) is 6.01. The van der Waals surface area contributed by atoms with Gasteiger partial charge in [0.25, 0.3) is 0 Å². The monoisotopic (exact) mass is 435 g/mol. The summed E-state index contributed by atoms with van der Waals surface area (Å²) in [5.41, 5.74) is 2.08. The van der Waals surface area contributed by atoms with Crippen molar-refractivity contribution in [3.05, 3.63) is 94.0 Å². The summed E-state index contributed by atoms with van der Waals surface area (Å²) in [5, 5.41) is 9.18. The smallest absolute Gasteiger partial charge is 0.323 e. The van der Waals surface area contributed by atoms with E-state index in [9.17, 15) is 10.1 Å². The van der Waals surface area contributed by atoms with E-state index < -0.39 is 11.9 Å². The van der Waals surface area contributed by atoms with Crippen LogP contribution >= 0.6 is 15.9 Å². The maximum absolute atomic E-state index is 13.2. The molecule has 0 fully saturated rings. The van der Waals surface area contributed by atoms with Crippen molar-refractivity contribution in [2.45, 2.75) is 12.8 Å². The molecule has 0 heterocycles. The summed E-state index contributed by atoms with van der Waals surface area (Å²) in [4.78, 5) is 13.2. The standard InChI is InChI=1S/C23H18BrNO3/c1-2-27-20-14-16(15-25)13-19(24)22(20)28-23(26)21(17-9-5-3-6-10-17)18-11-7-4-8-12-18/h3-14,21H,2H2,1H3. The lowest BCUT2D eigenvalue weighted by Crippen LogP contribution is -2.20. The number of rotatable bonds is 6. The molecule has 0 radical (unpaired) electrons. The molecule has 0 N–H and O–H groups in total. The first-order chi connectivity index (χ1) is 13.6. The van der Waals surface area contributed by atoms with E-state index in [1.807, 2.05) is 67.6 Å². The Morgan fingerprint density at radius 1 is 1.04 bits per heavy atom. The summed E-state index contributed by atoms with van der Waals surface area (Å²) >= 11 is 3.39. The van der Waals surface area contributed by atoms with Crippen LogP contribution in [0.3, 0.4) is 0 Å². The molecule has 0 aromatic heterocycles. The zero-order valence-corrected chi connectivity index (χ0v) is 16.8. The van der Waals surface area contributed by atoms with Crippen LogP contribution in [0.4, 0.5) is 0 Å². The lowest BCUT2D eigenvalue weighted by atomic mass is 9.91. The Bertz CT molecular complexity index is 958. The van der Waals surface area contributed by atoms with Crippen LogP contribution in [-0.2, 0) is 4.79 Å². The van der Waals surface area contributed by atoms with Crippen molar-refractivity contribution in [3.8, 4) is 17.6 Å². The molecule has 4 nitrogen and oxygen atoms in total. The third-order valence-electron chi connectivity index (χ3n) is 4.14. The first-order valence-electron chi connectivity index (χ1n) is 8.82. The fraction of sp³-hybridized carbons (Fsp3) is 0.130. The van der Waals surface area contributed by atoms with E-state index in [-0.39, 0.29) is 5.75 Å². The van der Waals surface area contributed by atoms with Gasteiger partial charge < -0.3 is 9.47 Å². The van der Waals surface area contributed by atoms with E-state index in [4.69, 9.17) is 9.47 Å². The van der Waals surface area contributed by atoms with Crippen molar-refractivity contribution in [2.75, 3.05) is 6.61 Å². The van der Waals surface area contributed by atoms with E-state index in [2.05, 4.69) is 22.0 Å². The lowest BCUT2D eigenvalue weighted by Gasteiger charge is -2.19. The van der Waals surface area contributed by atoms with Crippen LogP contribution in [-0.4, -0.2) is 12.6 Å². The molecule has 0 atom stereocenters. The Balaban J connectivity index is 2.01. The van der Waals surface area contributed by atoms with Gasteiger partial charge in [-0.25, -0.2) is 0 Å². The van der Waals surface area contributed by atoms with Crippen LogP contribution in [0.25, 0.3) is 0 Å². The van der Waals surface area contributed by atoms with Gasteiger partial charge in [-0.2, -0.15) is 5.26 Å². The maximum Gasteiger partial charge on any atom is 0.323 e. The number of carbonyl (C=O) groups is 1. The fourth-order valence-electron chi connectivity index (χ4n) is 2.91. The van der Waals surface area contributed by atoms with E-state index in [1.54, 1.807) is 12.1 Å². The van der Waals surface area contributed by atoms with Crippen LogP contribution in [0.5, 0.6) is 11.5 Å². The zero-order chi connectivity index (χ0) is 19.9. The summed E-state index contributed by atoms with van der Waals surface area (Å²) in [6, 6.07) is 24.2. The highest BCUT2D eigenvalue weighted by molar-refractivity contribution is 9.10. The Labute approximate surface area is 172 Å². The Kier molecular flexibility index (Phi) is 6.46. The van der Waals surface area contributed by atoms with Crippen molar-refractivity contribution >= 4 is 21.9 Å². The van der Waals surface area contributed by atoms with E-state index in [0.29, 0.717) is 22.4 Å². The Morgan fingerprint density at radius 2 is 1.61 bits per heavy atom. The number of nitrogens with zero attached hydrogens (tertiary/aromatic N) is 1. The average molecular weight is 436 g/mol. The summed E-state index contributed by atoms with van der Waals surface area (Å²) in [6.45, 7) is 2.21. The number of halogens is 1. The molecule has 28 heavy (non-hydrogen) atoms.